The summed E-state index contributed by atoms with van der Waals surface area (Å²) in [4.78, 5) is 15.9. The van der Waals surface area contributed by atoms with Gasteiger partial charge < -0.3 is 14.7 Å². The lowest BCUT2D eigenvalue weighted by molar-refractivity contribution is -0.143. The highest BCUT2D eigenvalue weighted by Gasteiger charge is 2.15. The Kier molecular flexibility index (Phi) is 7.96. The molecular formula is C13H26N2O3. The van der Waals surface area contributed by atoms with E-state index in [0.717, 1.165) is 52.1 Å². The molecule has 1 N–H and O–H groups in total. The van der Waals surface area contributed by atoms with E-state index in [-0.39, 0.29) is 12.6 Å². The number of esters is 1. The van der Waals surface area contributed by atoms with Crippen LogP contribution in [0, 0.1) is 0 Å². The van der Waals surface area contributed by atoms with Crippen LogP contribution >= 0.6 is 0 Å². The Morgan fingerprint density at radius 1 is 1.11 bits per heavy atom. The molecule has 1 heterocycles. The molecule has 0 aliphatic carbocycles. The van der Waals surface area contributed by atoms with Crippen LogP contribution in [-0.4, -0.2) is 73.4 Å². The molecule has 1 fully saturated rings. The first-order chi connectivity index (χ1) is 8.76. The van der Waals surface area contributed by atoms with Crippen molar-refractivity contribution in [3.8, 4) is 0 Å². The van der Waals surface area contributed by atoms with Crippen LogP contribution in [-0.2, 0) is 9.53 Å². The Bertz CT molecular complexity index is 228. The molecule has 0 bridgehead atoms. The van der Waals surface area contributed by atoms with Crippen LogP contribution in [0.25, 0.3) is 0 Å². The highest BCUT2D eigenvalue weighted by atomic mass is 16.5. The number of hydrogen-bond donors (Lipinski definition) is 1. The Morgan fingerprint density at radius 2 is 1.72 bits per heavy atom. The summed E-state index contributed by atoms with van der Waals surface area (Å²) in [7, 11) is 0. The van der Waals surface area contributed by atoms with Gasteiger partial charge in [0.25, 0.3) is 0 Å². The summed E-state index contributed by atoms with van der Waals surface area (Å²) in [5, 5.41) is 8.85. The summed E-state index contributed by atoms with van der Waals surface area (Å²) in [6, 6.07) is 0. The minimum absolute atomic E-state index is 0.0785. The highest BCUT2D eigenvalue weighted by molar-refractivity contribution is 5.69. The van der Waals surface area contributed by atoms with Crippen molar-refractivity contribution in [2.75, 3.05) is 52.5 Å². The predicted molar refractivity (Wildman–Crippen MR) is 70.4 cm³/mol. The molecule has 0 aromatic rings. The molecule has 1 aliphatic rings. The van der Waals surface area contributed by atoms with Crippen molar-refractivity contribution in [1.29, 1.82) is 0 Å². The predicted octanol–water partition coefficient (Wildman–Crippen LogP) is 0.330. The molecule has 0 atom stereocenters. The van der Waals surface area contributed by atoms with Gasteiger partial charge >= 0.3 is 5.97 Å². The van der Waals surface area contributed by atoms with Crippen LogP contribution in [0.4, 0.5) is 0 Å². The monoisotopic (exact) mass is 258 g/mol. The van der Waals surface area contributed by atoms with Crippen LogP contribution in [0.3, 0.4) is 0 Å². The summed E-state index contributed by atoms with van der Waals surface area (Å²) in [5.74, 6) is -0.0785. The first kappa shape index (κ1) is 15.4. The number of hydrogen-bond acceptors (Lipinski definition) is 5. The van der Waals surface area contributed by atoms with Crippen molar-refractivity contribution in [2.45, 2.75) is 26.2 Å². The van der Waals surface area contributed by atoms with Crippen LogP contribution in [0.2, 0.25) is 0 Å². The molecule has 0 spiro atoms. The molecule has 0 saturated carbocycles. The second-order valence-corrected chi connectivity index (χ2v) is 4.67. The second-order valence-electron chi connectivity index (χ2n) is 4.67. The maximum absolute atomic E-state index is 11.1. The maximum atomic E-state index is 11.1. The van der Waals surface area contributed by atoms with E-state index in [0.29, 0.717) is 13.0 Å². The number of piperazine rings is 1. The van der Waals surface area contributed by atoms with Crippen molar-refractivity contribution in [3.63, 3.8) is 0 Å². The number of ether oxygens (including phenoxy) is 1. The largest absolute Gasteiger partial charge is 0.466 e. The zero-order chi connectivity index (χ0) is 13.2. The first-order valence-corrected chi connectivity index (χ1v) is 6.97. The summed E-state index contributed by atoms with van der Waals surface area (Å²) in [6.07, 6.45) is 2.51. The van der Waals surface area contributed by atoms with Gasteiger partial charge in [-0.2, -0.15) is 0 Å². The number of carbonyl (C=O) groups is 1. The highest BCUT2D eigenvalue weighted by Crippen LogP contribution is 2.05. The molecule has 5 nitrogen and oxygen atoms in total. The maximum Gasteiger partial charge on any atom is 0.305 e. The van der Waals surface area contributed by atoms with Crippen LogP contribution in [0.5, 0.6) is 0 Å². The van der Waals surface area contributed by atoms with Crippen molar-refractivity contribution in [3.05, 3.63) is 0 Å². The van der Waals surface area contributed by atoms with Gasteiger partial charge in [-0.3, -0.25) is 9.69 Å². The molecule has 0 unspecified atom stereocenters. The van der Waals surface area contributed by atoms with E-state index in [1.54, 1.807) is 0 Å². The van der Waals surface area contributed by atoms with Gasteiger partial charge in [-0.25, -0.2) is 0 Å². The van der Waals surface area contributed by atoms with Gasteiger partial charge in [0.1, 0.15) is 0 Å². The number of aliphatic hydroxyl groups is 1. The lowest BCUT2D eigenvalue weighted by atomic mass is 10.2. The number of β-amino-alcohol motifs (C(OH)–C–C–N with tert-alkyl or cyclic N) is 1. The minimum Gasteiger partial charge on any atom is -0.466 e. The zero-order valence-electron chi connectivity index (χ0n) is 11.4. The van der Waals surface area contributed by atoms with E-state index < -0.39 is 0 Å². The van der Waals surface area contributed by atoms with Crippen molar-refractivity contribution < 1.29 is 14.6 Å². The van der Waals surface area contributed by atoms with Crippen molar-refractivity contribution in [2.24, 2.45) is 0 Å². The molecule has 0 aromatic carbocycles. The van der Waals surface area contributed by atoms with Gasteiger partial charge in [-0.05, 0) is 26.3 Å². The van der Waals surface area contributed by atoms with E-state index in [1.807, 2.05) is 6.92 Å². The standard InChI is InChI=1S/C13H26N2O3/c1-2-18-13(17)5-3-4-6-14-7-9-15(10-8-14)11-12-16/h16H,2-12H2,1H3. The second kappa shape index (κ2) is 9.30. The number of aliphatic hydroxyl groups excluding tert-OH is 1. The normalized spacial score (nSPS) is 17.9. The number of unbranched alkanes of at least 4 members (excludes halogenated alkanes) is 1. The Labute approximate surface area is 110 Å². The average molecular weight is 258 g/mol. The zero-order valence-corrected chi connectivity index (χ0v) is 11.4. The molecule has 0 radical (unpaired) electrons. The SMILES string of the molecule is CCOC(=O)CCCCN1CCN(CCO)CC1. The van der Waals surface area contributed by atoms with Gasteiger partial charge in [-0.15, -0.1) is 0 Å². The van der Waals surface area contributed by atoms with E-state index in [1.165, 1.54) is 0 Å². The fourth-order valence-electron chi connectivity index (χ4n) is 2.22. The van der Waals surface area contributed by atoms with Crippen LogP contribution < -0.4 is 0 Å². The van der Waals surface area contributed by atoms with Crippen LogP contribution in [0.1, 0.15) is 26.2 Å². The van der Waals surface area contributed by atoms with Gasteiger partial charge in [0.15, 0.2) is 0 Å². The van der Waals surface area contributed by atoms with Gasteiger partial charge in [0.05, 0.1) is 13.2 Å². The summed E-state index contributed by atoms with van der Waals surface area (Å²) in [6.45, 7) is 8.63. The Balaban J connectivity index is 1.99. The Hall–Kier alpha value is -0.650. The fourth-order valence-corrected chi connectivity index (χ4v) is 2.22. The quantitative estimate of drug-likeness (QED) is 0.502. The Morgan fingerprint density at radius 3 is 2.28 bits per heavy atom. The van der Waals surface area contributed by atoms with E-state index >= 15 is 0 Å². The van der Waals surface area contributed by atoms with Gasteiger partial charge in [-0.1, -0.05) is 0 Å². The third-order valence-corrected chi connectivity index (χ3v) is 3.29. The average Bonchev–Trinajstić information content (AvgIpc) is 2.37. The molecule has 0 aromatic heterocycles. The molecule has 5 heteroatoms. The third kappa shape index (κ3) is 6.33. The molecular weight excluding hydrogens is 232 g/mol. The molecule has 1 aliphatic heterocycles. The molecule has 1 saturated heterocycles. The number of nitrogens with zero attached hydrogens (tertiary/aromatic N) is 2. The van der Waals surface area contributed by atoms with Crippen molar-refractivity contribution in [1.82, 2.24) is 9.80 Å². The third-order valence-electron chi connectivity index (χ3n) is 3.29. The summed E-state index contributed by atoms with van der Waals surface area (Å²) >= 11 is 0. The van der Waals surface area contributed by atoms with Crippen molar-refractivity contribution >= 4 is 5.97 Å². The number of carbonyl (C=O) groups excluding carboxylic acids is 1. The number of rotatable bonds is 8. The van der Waals surface area contributed by atoms with Gasteiger partial charge in [0, 0.05) is 39.1 Å². The molecule has 0 amide bonds. The minimum atomic E-state index is -0.0785. The summed E-state index contributed by atoms with van der Waals surface area (Å²) < 4.78 is 4.89. The molecule has 18 heavy (non-hydrogen) atoms. The lowest BCUT2D eigenvalue weighted by Crippen LogP contribution is -2.47. The topological polar surface area (TPSA) is 53.0 Å². The molecule has 106 valence electrons. The first-order valence-electron chi connectivity index (χ1n) is 6.97. The van der Waals surface area contributed by atoms with E-state index in [4.69, 9.17) is 9.84 Å². The summed E-state index contributed by atoms with van der Waals surface area (Å²) in [5.41, 5.74) is 0. The van der Waals surface area contributed by atoms with E-state index in [9.17, 15) is 4.79 Å². The van der Waals surface area contributed by atoms with E-state index in [2.05, 4.69) is 9.80 Å². The van der Waals surface area contributed by atoms with Gasteiger partial charge in [0.2, 0.25) is 0 Å². The molecule has 1 rings (SSSR count). The van der Waals surface area contributed by atoms with Crippen LogP contribution in [0.15, 0.2) is 0 Å². The lowest BCUT2D eigenvalue weighted by Gasteiger charge is -2.34. The fraction of sp³-hybridized carbons (Fsp3) is 0.923. The smallest absolute Gasteiger partial charge is 0.305 e.